The third-order valence-electron chi connectivity index (χ3n) is 4.72. The number of hydrogen-bond donors (Lipinski definition) is 2. The minimum absolute atomic E-state index is 0.0728. The summed E-state index contributed by atoms with van der Waals surface area (Å²) in [5.74, 6) is -0.222. The summed E-state index contributed by atoms with van der Waals surface area (Å²) in [6.07, 6.45) is 4.09. The zero-order valence-corrected chi connectivity index (χ0v) is 12.2. The number of nitrogens with one attached hydrogen (secondary N) is 2. The van der Waals surface area contributed by atoms with Crippen molar-refractivity contribution in [3.05, 3.63) is 30.0 Å². The third-order valence-corrected chi connectivity index (χ3v) is 4.72. The molecule has 2 aromatic rings. The first-order valence-corrected chi connectivity index (χ1v) is 7.77. The summed E-state index contributed by atoms with van der Waals surface area (Å²) in [6, 6.07) is 7.75. The first-order valence-electron chi connectivity index (χ1n) is 7.77. The second kappa shape index (κ2) is 5.12. The van der Waals surface area contributed by atoms with Gasteiger partial charge in [-0.3, -0.25) is 14.7 Å². The van der Waals surface area contributed by atoms with Crippen molar-refractivity contribution in [1.82, 2.24) is 20.4 Å². The molecule has 0 unspecified atom stereocenters. The molecule has 1 saturated heterocycles. The molecule has 0 radical (unpaired) electrons. The highest BCUT2D eigenvalue weighted by molar-refractivity contribution is 6.06. The first-order chi connectivity index (χ1) is 10.7. The van der Waals surface area contributed by atoms with E-state index in [1.54, 1.807) is 4.90 Å². The van der Waals surface area contributed by atoms with Crippen molar-refractivity contribution in [1.29, 1.82) is 0 Å². The lowest BCUT2D eigenvalue weighted by Crippen LogP contribution is -2.62. The Balaban J connectivity index is 1.70. The minimum Gasteiger partial charge on any atom is -0.350 e. The Labute approximate surface area is 127 Å². The lowest BCUT2D eigenvalue weighted by molar-refractivity contribution is -0.127. The van der Waals surface area contributed by atoms with Crippen molar-refractivity contribution in [2.45, 2.75) is 37.8 Å². The SMILES string of the molecule is O=C1CN(C(=O)c2n[nH]c3ccccc23)[C@H]2CCCC[C@@H]2N1. The molecule has 1 aliphatic heterocycles. The summed E-state index contributed by atoms with van der Waals surface area (Å²) in [7, 11) is 0. The Morgan fingerprint density at radius 3 is 2.95 bits per heavy atom. The number of H-pyrrole nitrogens is 1. The molecule has 1 aliphatic carbocycles. The van der Waals surface area contributed by atoms with Gasteiger partial charge in [0.2, 0.25) is 5.91 Å². The number of amides is 2. The zero-order valence-electron chi connectivity index (χ0n) is 12.2. The van der Waals surface area contributed by atoms with Gasteiger partial charge in [-0.15, -0.1) is 0 Å². The number of fused-ring (bicyclic) bond motifs is 2. The molecule has 2 fully saturated rings. The molecule has 2 atom stereocenters. The van der Waals surface area contributed by atoms with Gasteiger partial charge in [-0.25, -0.2) is 0 Å². The number of benzene rings is 1. The number of nitrogens with zero attached hydrogens (tertiary/aromatic N) is 2. The number of aromatic nitrogens is 2. The third kappa shape index (κ3) is 2.06. The molecule has 2 N–H and O–H groups in total. The molecule has 6 nitrogen and oxygen atoms in total. The lowest BCUT2D eigenvalue weighted by atomic mass is 9.87. The minimum atomic E-state index is -0.149. The van der Waals surface area contributed by atoms with Crippen molar-refractivity contribution in [3.8, 4) is 0 Å². The van der Waals surface area contributed by atoms with E-state index in [0.29, 0.717) is 5.69 Å². The van der Waals surface area contributed by atoms with Crippen LogP contribution in [0.15, 0.2) is 24.3 Å². The van der Waals surface area contributed by atoms with Gasteiger partial charge in [0.25, 0.3) is 5.91 Å². The molecule has 2 amide bonds. The van der Waals surface area contributed by atoms with E-state index in [-0.39, 0.29) is 30.4 Å². The largest absolute Gasteiger partial charge is 0.350 e. The molecule has 114 valence electrons. The fraction of sp³-hybridized carbons (Fsp3) is 0.438. The van der Waals surface area contributed by atoms with E-state index in [4.69, 9.17) is 0 Å². The molecular formula is C16H18N4O2. The second-order valence-electron chi connectivity index (χ2n) is 6.08. The number of aromatic amines is 1. The van der Waals surface area contributed by atoms with Gasteiger partial charge in [-0.2, -0.15) is 5.10 Å². The van der Waals surface area contributed by atoms with Crippen LogP contribution in [0.1, 0.15) is 36.2 Å². The average Bonchev–Trinajstić information content (AvgIpc) is 2.97. The number of rotatable bonds is 1. The maximum absolute atomic E-state index is 12.9. The van der Waals surface area contributed by atoms with E-state index in [2.05, 4.69) is 15.5 Å². The van der Waals surface area contributed by atoms with Crippen LogP contribution >= 0.6 is 0 Å². The standard InChI is InChI=1S/C16H18N4O2/c21-14-9-20(13-8-4-3-7-12(13)17-14)16(22)15-10-5-1-2-6-11(10)18-19-15/h1-2,5-6,12-13H,3-4,7-9H2,(H,17,21)(H,18,19)/t12-,13-/m0/s1. The number of piperazine rings is 1. The summed E-state index contributed by atoms with van der Waals surface area (Å²) < 4.78 is 0. The average molecular weight is 298 g/mol. The van der Waals surface area contributed by atoms with Crippen LogP contribution in [0, 0.1) is 0 Å². The van der Waals surface area contributed by atoms with Gasteiger partial charge in [0.15, 0.2) is 5.69 Å². The van der Waals surface area contributed by atoms with E-state index >= 15 is 0 Å². The van der Waals surface area contributed by atoms with Crippen LogP contribution in [-0.2, 0) is 4.79 Å². The van der Waals surface area contributed by atoms with Crippen LogP contribution in [0.25, 0.3) is 10.9 Å². The summed E-state index contributed by atoms with van der Waals surface area (Å²) in [4.78, 5) is 26.6. The van der Waals surface area contributed by atoms with E-state index in [0.717, 1.165) is 36.6 Å². The van der Waals surface area contributed by atoms with E-state index in [1.807, 2.05) is 24.3 Å². The smallest absolute Gasteiger partial charge is 0.275 e. The van der Waals surface area contributed by atoms with Crippen LogP contribution in [0.5, 0.6) is 0 Å². The van der Waals surface area contributed by atoms with Crippen LogP contribution in [0.4, 0.5) is 0 Å². The summed E-state index contributed by atoms with van der Waals surface area (Å²) >= 11 is 0. The highest BCUT2D eigenvalue weighted by Crippen LogP contribution is 2.28. The van der Waals surface area contributed by atoms with Gasteiger partial charge in [0, 0.05) is 11.4 Å². The molecule has 1 aromatic carbocycles. The van der Waals surface area contributed by atoms with Crippen LogP contribution in [0.2, 0.25) is 0 Å². The van der Waals surface area contributed by atoms with Crippen molar-refractivity contribution in [2.75, 3.05) is 6.54 Å². The van der Waals surface area contributed by atoms with Gasteiger partial charge in [0.1, 0.15) is 6.54 Å². The molecule has 2 aliphatic rings. The molecule has 1 saturated carbocycles. The summed E-state index contributed by atoms with van der Waals surface area (Å²) in [5.41, 5.74) is 1.25. The molecule has 22 heavy (non-hydrogen) atoms. The maximum atomic E-state index is 12.9. The molecule has 1 aromatic heterocycles. The van der Waals surface area contributed by atoms with Crippen molar-refractivity contribution in [2.24, 2.45) is 0 Å². The fourth-order valence-corrected chi connectivity index (χ4v) is 3.66. The molecule has 6 heteroatoms. The number of hydrogen-bond acceptors (Lipinski definition) is 3. The van der Waals surface area contributed by atoms with Gasteiger partial charge in [-0.05, 0) is 18.9 Å². The monoisotopic (exact) mass is 298 g/mol. The molecular weight excluding hydrogens is 280 g/mol. The second-order valence-corrected chi connectivity index (χ2v) is 6.08. The normalized spacial score (nSPS) is 24.9. The van der Waals surface area contributed by atoms with Crippen LogP contribution in [-0.4, -0.2) is 45.5 Å². The van der Waals surface area contributed by atoms with Crippen molar-refractivity contribution >= 4 is 22.7 Å². The summed E-state index contributed by atoms with van der Waals surface area (Å²) in [6.45, 7) is 0.126. The molecule has 0 bridgehead atoms. The maximum Gasteiger partial charge on any atom is 0.275 e. The highest BCUT2D eigenvalue weighted by Gasteiger charge is 2.39. The topological polar surface area (TPSA) is 78.1 Å². The first kappa shape index (κ1) is 13.3. The van der Waals surface area contributed by atoms with E-state index < -0.39 is 0 Å². The fourth-order valence-electron chi connectivity index (χ4n) is 3.66. The zero-order chi connectivity index (χ0) is 15.1. The molecule has 2 heterocycles. The van der Waals surface area contributed by atoms with Gasteiger partial charge in [-0.1, -0.05) is 31.0 Å². The van der Waals surface area contributed by atoms with Crippen molar-refractivity contribution < 1.29 is 9.59 Å². The quantitative estimate of drug-likeness (QED) is 0.836. The van der Waals surface area contributed by atoms with Gasteiger partial charge < -0.3 is 10.2 Å². The Kier molecular flexibility index (Phi) is 3.10. The van der Waals surface area contributed by atoms with Crippen molar-refractivity contribution in [3.63, 3.8) is 0 Å². The van der Waals surface area contributed by atoms with Crippen LogP contribution in [0.3, 0.4) is 0 Å². The molecule has 4 rings (SSSR count). The Bertz CT molecular complexity index is 739. The highest BCUT2D eigenvalue weighted by atomic mass is 16.2. The Hall–Kier alpha value is -2.37. The predicted molar refractivity (Wildman–Crippen MR) is 81.3 cm³/mol. The number of para-hydroxylation sites is 1. The number of carbonyl (C=O) groups is 2. The Morgan fingerprint density at radius 2 is 2.05 bits per heavy atom. The number of carbonyl (C=O) groups excluding carboxylic acids is 2. The van der Waals surface area contributed by atoms with Gasteiger partial charge in [0.05, 0.1) is 11.6 Å². The van der Waals surface area contributed by atoms with Gasteiger partial charge >= 0.3 is 0 Å². The summed E-state index contributed by atoms with van der Waals surface area (Å²) in [5, 5.41) is 10.9. The van der Waals surface area contributed by atoms with E-state index in [1.165, 1.54) is 0 Å². The van der Waals surface area contributed by atoms with E-state index in [9.17, 15) is 9.59 Å². The molecule has 0 spiro atoms. The lowest BCUT2D eigenvalue weighted by Gasteiger charge is -2.43. The van der Waals surface area contributed by atoms with Crippen LogP contribution < -0.4 is 5.32 Å². The predicted octanol–water partition coefficient (Wildman–Crippen LogP) is 1.45. The Morgan fingerprint density at radius 1 is 1.23 bits per heavy atom.